The van der Waals surface area contributed by atoms with Crippen molar-refractivity contribution in [2.75, 3.05) is 18.5 Å². The Hall–Kier alpha value is -1.83. The van der Waals surface area contributed by atoms with Gasteiger partial charge in [0.1, 0.15) is 5.78 Å². The van der Waals surface area contributed by atoms with Gasteiger partial charge in [0.2, 0.25) is 0 Å². The summed E-state index contributed by atoms with van der Waals surface area (Å²) >= 11 is 0. The van der Waals surface area contributed by atoms with Gasteiger partial charge in [-0.05, 0) is 18.4 Å². The van der Waals surface area contributed by atoms with Crippen LogP contribution in [0.3, 0.4) is 0 Å². The normalized spacial score (nSPS) is 10.5. The SMILES string of the molecule is CC(=O)CCN(C)c1cccc2ccccc12. The third kappa shape index (κ3) is 2.64. The number of Topliss-reactive ketones (excluding diaryl/α,β-unsaturated/α-hetero) is 1. The molecule has 0 aromatic heterocycles. The fourth-order valence-corrected chi connectivity index (χ4v) is 1.99. The van der Waals surface area contributed by atoms with Crippen molar-refractivity contribution in [3.05, 3.63) is 42.5 Å². The Morgan fingerprint density at radius 3 is 2.59 bits per heavy atom. The highest BCUT2D eigenvalue weighted by Crippen LogP contribution is 2.25. The smallest absolute Gasteiger partial charge is 0.131 e. The van der Waals surface area contributed by atoms with Crippen LogP contribution < -0.4 is 4.90 Å². The maximum atomic E-state index is 11.0. The molecule has 0 saturated carbocycles. The van der Waals surface area contributed by atoms with Gasteiger partial charge in [-0.15, -0.1) is 0 Å². The predicted molar refractivity (Wildman–Crippen MR) is 72.5 cm³/mol. The minimum absolute atomic E-state index is 0.233. The second-order valence-electron chi connectivity index (χ2n) is 4.37. The number of nitrogens with zero attached hydrogens (tertiary/aromatic N) is 1. The van der Waals surface area contributed by atoms with Crippen LogP contribution in [-0.4, -0.2) is 19.4 Å². The minimum atomic E-state index is 0.233. The topological polar surface area (TPSA) is 20.3 Å². The molecule has 0 saturated heterocycles. The standard InChI is InChI=1S/C15H17NO/c1-12(17)10-11-16(2)15-9-5-7-13-6-3-4-8-14(13)15/h3-9H,10-11H2,1-2H3. The summed E-state index contributed by atoms with van der Waals surface area (Å²) < 4.78 is 0. The summed E-state index contributed by atoms with van der Waals surface area (Å²) in [6.45, 7) is 2.40. The van der Waals surface area contributed by atoms with Gasteiger partial charge in [0.25, 0.3) is 0 Å². The summed E-state index contributed by atoms with van der Waals surface area (Å²) in [5.74, 6) is 0.233. The number of ketones is 1. The first kappa shape index (κ1) is 11.6. The lowest BCUT2D eigenvalue weighted by Gasteiger charge is -2.20. The Bertz CT molecular complexity index is 528. The largest absolute Gasteiger partial charge is 0.374 e. The molecule has 0 atom stereocenters. The van der Waals surface area contributed by atoms with Gasteiger partial charge in [-0.1, -0.05) is 36.4 Å². The van der Waals surface area contributed by atoms with Crippen molar-refractivity contribution in [2.24, 2.45) is 0 Å². The first-order valence-electron chi connectivity index (χ1n) is 5.87. The molecule has 0 spiro atoms. The number of rotatable bonds is 4. The van der Waals surface area contributed by atoms with Crippen LogP contribution in [0.25, 0.3) is 10.8 Å². The van der Waals surface area contributed by atoms with Crippen LogP contribution in [-0.2, 0) is 4.79 Å². The summed E-state index contributed by atoms with van der Waals surface area (Å²) in [6.07, 6.45) is 0.597. The van der Waals surface area contributed by atoms with Crippen molar-refractivity contribution in [3.63, 3.8) is 0 Å². The summed E-state index contributed by atoms with van der Waals surface area (Å²) in [7, 11) is 2.03. The zero-order valence-corrected chi connectivity index (χ0v) is 10.3. The number of anilines is 1. The van der Waals surface area contributed by atoms with Crippen molar-refractivity contribution >= 4 is 22.2 Å². The maximum absolute atomic E-state index is 11.0. The lowest BCUT2D eigenvalue weighted by Crippen LogP contribution is -2.20. The minimum Gasteiger partial charge on any atom is -0.374 e. The van der Waals surface area contributed by atoms with Crippen LogP contribution in [0, 0.1) is 0 Å². The third-order valence-electron chi connectivity index (χ3n) is 2.98. The van der Waals surface area contributed by atoms with Gasteiger partial charge in [0.15, 0.2) is 0 Å². The monoisotopic (exact) mass is 227 g/mol. The van der Waals surface area contributed by atoms with Crippen LogP contribution in [0.1, 0.15) is 13.3 Å². The van der Waals surface area contributed by atoms with E-state index in [4.69, 9.17) is 0 Å². The predicted octanol–water partition coefficient (Wildman–Crippen LogP) is 3.26. The van der Waals surface area contributed by atoms with E-state index in [-0.39, 0.29) is 5.78 Å². The van der Waals surface area contributed by atoms with Crippen LogP contribution >= 0.6 is 0 Å². The average molecular weight is 227 g/mol. The van der Waals surface area contributed by atoms with E-state index in [0.717, 1.165) is 6.54 Å². The van der Waals surface area contributed by atoms with Crippen molar-refractivity contribution in [3.8, 4) is 0 Å². The van der Waals surface area contributed by atoms with Gasteiger partial charge in [0.05, 0.1) is 0 Å². The molecule has 0 amide bonds. The Morgan fingerprint density at radius 1 is 1.12 bits per heavy atom. The van der Waals surface area contributed by atoms with E-state index in [1.807, 2.05) is 19.2 Å². The number of benzene rings is 2. The van der Waals surface area contributed by atoms with Crippen molar-refractivity contribution in [2.45, 2.75) is 13.3 Å². The Labute approximate surface area is 102 Å². The molecule has 88 valence electrons. The maximum Gasteiger partial charge on any atom is 0.131 e. The van der Waals surface area contributed by atoms with E-state index in [9.17, 15) is 4.79 Å². The van der Waals surface area contributed by atoms with Gasteiger partial charge < -0.3 is 4.90 Å². The van der Waals surface area contributed by atoms with E-state index in [1.54, 1.807) is 6.92 Å². The van der Waals surface area contributed by atoms with E-state index in [2.05, 4.69) is 35.2 Å². The molecule has 0 bridgehead atoms. The quantitative estimate of drug-likeness (QED) is 0.799. The number of hydrogen-bond acceptors (Lipinski definition) is 2. The molecule has 2 heteroatoms. The fraction of sp³-hybridized carbons (Fsp3) is 0.267. The molecule has 0 unspecified atom stereocenters. The molecule has 0 N–H and O–H groups in total. The van der Waals surface area contributed by atoms with E-state index < -0.39 is 0 Å². The molecule has 0 heterocycles. The van der Waals surface area contributed by atoms with Gasteiger partial charge in [-0.2, -0.15) is 0 Å². The molecule has 2 nitrogen and oxygen atoms in total. The highest BCUT2D eigenvalue weighted by Gasteiger charge is 2.05. The second kappa shape index (κ2) is 5.00. The second-order valence-corrected chi connectivity index (χ2v) is 4.37. The van der Waals surface area contributed by atoms with Gasteiger partial charge >= 0.3 is 0 Å². The molecule has 0 fully saturated rings. The van der Waals surface area contributed by atoms with Crippen molar-refractivity contribution in [1.82, 2.24) is 0 Å². The molecule has 2 aromatic rings. The Balaban J connectivity index is 2.31. The first-order valence-corrected chi connectivity index (χ1v) is 5.87. The van der Waals surface area contributed by atoms with Gasteiger partial charge in [0, 0.05) is 31.1 Å². The lowest BCUT2D eigenvalue weighted by atomic mass is 10.1. The number of fused-ring (bicyclic) bond motifs is 1. The third-order valence-corrected chi connectivity index (χ3v) is 2.98. The number of carbonyl (C=O) groups excluding carboxylic acids is 1. The molecule has 2 rings (SSSR count). The molecule has 0 aliphatic carbocycles. The van der Waals surface area contributed by atoms with Crippen LogP contribution in [0.5, 0.6) is 0 Å². The fourth-order valence-electron chi connectivity index (χ4n) is 1.99. The summed E-state index contributed by atoms with van der Waals surface area (Å²) in [5.41, 5.74) is 1.18. The number of hydrogen-bond donors (Lipinski definition) is 0. The highest BCUT2D eigenvalue weighted by atomic mass is 16.1. The Morgan fingerprint density at radius 2 is 1.82 bits per heavy atom. The van der Waals surface area contributed by atoms with Gasteiger partial charge in [-0.3, -0.25) is 4.79 Å². The van der Waals surface area contributed by atoms with E-state index >= 15 is 0 Å². The van der Waals surface area contributed by atoms with E-state index in [0.29, 0.717) is 6.42 Å². The molecule has 17 heavy (non-hydrogen) atoms. The lowest BCUT2D eigenvalue weighted by molar-refractivity contribution is -0.116. The molecular formula is C15H17NO. The first-order chi connectivity index (χ1) is 8.18. The van der Waals surface area contributed by atoms with Gasteiger partial charge in [-0.25, -0.2) is 0 Å². The Kier molecular flexibility index (Phi) is 3.43. The zero-order valence-electron chi connectivity index (χ0n) is 10.3. The molecule has 2 aromatic carbocycles. The van der Waals surface area contributed by atoms with Crippen molar-refractivity contribution < 1.29 is 4.79 Å². The number of carbonyl (C=O) groups is 1. The summed E-state index contributed by atoms with van der Waals surface area (Å²) in [5, 5.41) is 2.47. The van der Waals surface area contributed by atoms with Crippen LogP contribution in [0.4, 0.5) is 5.69 Å². The van der Waals surface area contributed by atoms with Crippen LogP contribution in [0.2, 0.25) is 0 Å². The summed E-state index contributed by atoms with van der Waals surface area (Å²) in [6, 6.07) is 14.6. The molecule has 0 aliphatic rings. The highest BCUT2D eigenvalue weighted by molar-refractivity contribution is 5.94. The van der Waals surface area contributed by atoms with Crippen molar-refractivity contribution in [1.29, 1.82) is 0 Å². The summed E-state index contributed by atoms with van der Waals surface area (Å²) in [4.78, 5) is 13.2. The zero-order chi connectivity index (χ0) is 12.3. The molecular weight excluding hydrogens is 210 g/mol. The molecule has 0 aliphatic heterocycles. The average Bonchev–Trinajstić information content (AvgIpc) is 2.35. The molecule has 0 radical (unpaired) electrons. The van der Waals surface area contributed by atoms with E-state index in [1.165, 1.54) is 16.5 Å². The van der Waals surface area contributed by atoms with Crippen LogP contribution in [0.15, 0.2) is 42.5 Å².